The second-order valence-electron chi connectivity index (χ2n) is 6.28. The Kier molecular flexibility index (Phi) is 7.52. The molecule has 1 aromatic rings. The van der Waals surface area contributed by atoms with Crippen molar-refractivity contribution < 1.29 is 56.3 Å². The van der Waals surface area contributed by atoms with Crippen molar-refractivity contribution in [3.8, 4) is 12.3 Å². The summed E-state index contributed by atoms with van der Waals surface area (Å²) in [6.07, 6.45) is -0.553. The van der Waals surface area contributed by atoms with Crippen LogP contribution >= 0.6 is 23.5 Å². The van der Waals surface area contributed by atoms with Crippen molar-refractivity contribution in [2.45, 2.75) is 37.0 Å². The number of phosphoric acid groups is 3. The summed E-state index contributed by atoms with van der Waals surface area (Å²) in [5, 5.41) is 10.5. The number of nitrogens with zero attached hydrogens (tertiary/aromatic N) is 3. The van der Waals surface area contributed by atoms with Gasteiger partial charge in [-0.1, -0.05) is 5.92 Å². The van der Waals surface area contributed by atoms with E-state index in [2.05, 4.69) is 23.1 Å². The van der Waals surface area contributed by atoms with E-state index in [1.807, 2.05) is 5.92 Å². The lowest BCUT2D eigenvalue weighted by Crippen LogP contribution is -2.55. The van der Waals surface area contributed by atoms with Crippen molar-refractivity contribution in [2.24, 2.45) is 5.73 Å². The average molecular weight is 521 g/mol. The summed E-state index contributed by atoms with van der Waals surface area (Å²) in [4.78, 5) is 54.9. The van der Waals surface area contributed by atoms with Gasteiger partial charge in [0.2, 0.25) is 5.95 Å². The zero-order chi connectivity index (χ0) is 24.7. The average Bonchev–Trinajstić information content (AvgIpc) is 2.84. The van der Waals surface area contributed by atoms with E-state index in [1.165, 1.54) is 0 Å². The maximum atomic E-state index is 12.1. The van der Waals surface area contributed by atoms with E-state index in [9.17, 15) is 33.4 Å². The van der Waals surface area contributed by atoms with E-state index in [4.69, 9.17) is 32.4 Å². The molecule has 1 saturated heterocycles. The molecule has 0 aliphatic carbocycles. The van der Waals surface area contributed by atoms with Gasteiger partial charge in [0.25, 0.3) is 0 Å². The first kappa shape index (κ1) is 26.7. The molecular formula is C11H18N5O13P3. The fourth-order valence-electron chi connectivity index (χ4n) is 2.66. The minimum Gasteiger partial charge on any atom is -0.387 e. The summed E-state index contributed by atoms with van der Waals surface area (Å²) in [5.41, 5.74) is 8.14. The zero-order valence-electron chi connectivity index (χ0n) is 15.8. The third-order valence-corrected chi connectivity index (χ3v) is 7.85. The standard InChI is InChI=1S/C11H18N5O13P3/c1-3-11(13)7(17)6(26-8(11)16-4-14-9(12)15-10(16)18)5(2)27-31(22,23)29-32(24,25)28-30(19,20)21/h1,4-8,17H,13H2,2H3,(H,22,23)(H,24,25)(H2,12,15,18)(H2,19,20,21)/t5-,6-,7+,8-,11?/m1/s1. The Bertz CT molecular complexity index is 1120. The van der Waals surface area contributed by atoms with Gasteiger partial charge in [-0.15, -0.1) is 6.42 Å². The van der Waals surface area contributed by atoms with Crippen LogP contribution in [0.25, 0.3) is 0 Å². The highest BCUT2D eigenvalue weighted by Crippen LogP contribution is 2.66. The van der Waals surface area contributed by atoms with Crippen LogP contribution in [0.15, 0.2) is 11.1 Å². The van der Waals surface area contributed by atoms with Crippen LogP contribution in [0.1, 0.15) is 13.2 Å². The number of rotatable bonds is 8. The molecule has 0 bridgehead atoms. The highest BCUT2D eigenvalue weighted by Gasteiger charge is 2.57. The lowest BCUT2D eigenvalue weighted by Gasteiger charge is -2.28. The van der Waals surface area contributed by atoms with Crippen molar-refractivity contribution in [1.29, 1.82) is 0 Å². The van der Waals surface area contributed by atoms with Gasteiger partial charge in [-0.3, -0.25) is 9.09 Å². The van der Waals surface area contributed by atoms with Crippen LogP contribution in [0, 0.1) is 12.3 Å². The molecule has 1 fully saturated rings. The van der Waals surface area contributed by atoms with Crippen molar-refractivity contribution >= 4 is 29.4 Å². The number of aliphatic hydroxyl groups excluding tert-OH is 1. The molecule has 180 valence electrons. The van der Waals surface area contributed by atoms with Gasteiger partial charge >= 0.3 is 29.2 Å². The normalized spacial score (nSPS) is 30.8. The number of aliphatic hydroxyl groups is 1. The molecule has 2 rings (SSSR count). The molecule has 1 aliphatic rings. The van der Waals surface area contributed by atoms with Gasteiger partial charge in [0, 0.05) is 0 Å². The van der Waals surface area contributed by atoms with Crippen LogP contribution in [0.2, 0.25) is 0 Å². The highest BCUT2D eigenvalue weighted by molar-refractivity contribution is 7.66. The number of anilines is 1. The quantitative estimate of drug-likeness (QED) is 0.138. The van der Waals surface area contributed by atoms with Gasteiger partial charge < -0.3 is 40.9 Å². The lowest BCUT2D eigenvalue weighted by atomic mass is 9.90. The summed E-state index contributed by atoms with van der Waals surface area (Å²) < 4.78 is 52.0. The van der Waals surface area contributed by atoms with E-state index < -0.39 is 59.2 Å². The minimum absolute atomic E-state index is 0.384. The van der Waals surface area contributed by atoms with Crippen LogP contribution in [-0.4, -0.2) is 63.1 Å². The third-order valence-electron chi connectivity index (χ3n) is 3.92. The number of terminal acetylenes is 1. The molecule has 0 aromatic carbocycles. The van der Waals surface area contributed by atoms with Gasteiger partial charge in [0.1, 0.15) is 18.5 Å². The first-order chi connectivity index (χ1) is 14.4. The van der Waals surface area contributed by atoms with Crippen LogP contribution in [0.4, 0.5) is 5.95 Å². The number of hydrogen-bond acceptors (Lipinski definition) is 13. The molecule has 0 radical (unpaired) electrons. The first-order valence-electron chi connectivity index (χ1n) is 8.04. The Morgan fingerprint density at radius 2 is 1.88 bits per heavy atom. The number of ether oxygens (including phenoxy) is 1. The summed E-state index contributed by atoms with van der Waals surface area (Å²) in [5.74, 6) is 1.66. The Hall–Kier alpha value is -1.54. The van der Waals surface area contributed by atoms with Crippen molar-refractivity contribution in [2.75, 3.05) is 5.73 Å². The molecule has 1 aliphatic heterocycles. The summed E-state index contributed by atoms with van der Waals surface area (Å²) in [6, 6.07) is 0. The van der Waals surface area contributed by atoms with E-state index in [0.29, 0.717) is 4.57 Å². The van der Waals surface area contributed by atoms with E-state index >= 15 is 0 Å². The van der Waals surface area contributed by atoms with Crippen LogP contribution in [-0.2, 0) is 31.6 Å². The first-order valence-corrected chi connectivity index (χ1v) is 12.6. The Balaban J connectivity index is 2.27. The van der Waals surface area contributed by atoms with Gasteiger partial charge in [0.05, 0.1) is 6.10 Å². The molecule has 0 amide bonds. The summed E-state index contributed by atoms with van der Waals surface area (Å²) in [7, 11) is -16.9. The molecular weight excluding hydrogens is 503 g/mol. The molecule has 1 aromatic heterocycles. The summed E-state index contributed by atoms with van der Waals surface area (Å²) in [6.45, 7) is 1.02. The van der Waals surface area contributed by atoms with Crippen molar-refractivity contribution in [3.05, 3.63) is 16.8 Å². The molecule has 0 spiro atoms. The van der Waals surface area contributed by atoms with Crippen LogP contribution in [0.3, 0.4) is 0 Å². The van der Waals surface area contributed by atoms with E-state index in [-0.39, 0.29) is 5.95 Å². The summed E-state index contributed by atoms with van der Waals surface area (Å²) >= 11 is 0. The number of hydrogen-bond donors (Lipinski definition) is 7. The van der Waals surface area contributed by atoms with Crippen molar-refractivity contribution in [3.63, 3.8) is 0 Å². The largest absolute Gasteiger partial charge is 0.490 e. The Labute approximate surface area is 178 Å². The second kappa shape index (κ2) is 9.01. The van der Waals surface area contributed by atoms with Gasteiger partial charge in [0.15, 0.2) is 11.8 Å². The number of phosphoric ester groups is 1. The minimum atomic E-state index is -5.78. The zero-order valence-corrected chi connectivity index (χ0v) is 18.5. The number of nitrogen functional groups attached to an aromatic ring is 1. The van der Waals surface area contributed by atoms with Crippen LogP contribution in [0.5, 0.6) is 0 Å². The fourth-order valence-corrected chi connectivity index (χ4v) is 5.86. The molecule has 21 heteroatoms. The van der Waals surface area contributed by atoms with E-state index in [0.717, 1.165) is 13.3 Å². The lowest BCUT2D eigenvalue weighted by molar-refractivity contribution is -0.0757. The van der Waals surface area contributed by atoms with Gasteiger partial charge in [-0.2, -0.15) is 13.6 Å². The van der Waals surface area contributed by atoms with Gasteiger partial charge in [-0.05, 0) is 6.92 Å². The van der Waals surface area contributed by atoms with Crippen LogP contribution < -0.4 is 17.2 Å². The Morgan fingerprint density at radius 1 is 1.28 bits per heavy atom. The predicted octanol–water partition coefficient (Wildman–Crippen LogP) is -2.46. The third kappa shape index (κ3) is 6.07. The SMILES string of the molecule is C#CC1(N)[C@@H](O)[C@@H]([C@@H](C)OP(=O)(O)OP(=O)(O)OP(=O)(O)O)O[C@H]1n1cnc(N)nc1=O. The smallest absolute Gasteiger partial charge is 0.387 e. The maximum absolute atomic E-state index is 12.1. The topological polar surface area (TPSA) is 289 Å². The predicted molar refractivity (Wildman–Crippen MR) is 101 cm³/mol. The Morgan fingerprint density at radius 3 is 2.38 bits per heavy atom. The molecule has 9 N–H and O–H groups in total. The fraction of sp³-hybridized carbons (Fsp3) is 0.545. The highest BCUT2D eigenvalue weighted by atomic mass is 31.3. The van der Waals surface area contributed by atoms with Gasteiger partial charge in [-0.25, -0.2) is 23.5 Å². The monoisotopic (exact) mass is 521 g/mol. The molecule has 3 unspecified atom stereocenters. The van der Waals surface area contributed by atoms with E-state index in [1.54, 1.807) is 0 Å². The molecule has 2 heterocycles. The molecule has 7 atom stereocenters. The molecule has 0 saturated carbocycles. The molecule has 32 heavy (non-hydrogen) atoms. The number of aromatic nitrogens is 3. The maximum Gasteiger partial charge on any atom is 0.490 e. The number of nitrogens with two attached hydrogens (primary N) is 2. The molecule has 18 nitrogen and oxygen atoms in total. The van der Waals surface area contributed by atoms with Crippen molar-refractivity contribution in [1.82, 2.24) is 14.5 Å². The second-order valence-corrected chi connectivity index (χ2v) is 10.7.